The van der Waals surface area contributed by atoms with Crippen LogP contribution >= 0.6 is 0 Å². The van der Waals surface area contributed by atoms with E-state index in [9.17, 15) is 0 Å². The summed E-state index contributed by atoms with van der Waals surface area (Å²) in [6.45, 7) is 0. The van der Waals surface area contributed by atoms with E-state index in [2.05, 4.69) is 0 Å². The first kappa shape index (κ1) is 42.6. The molecule has 0 bridgehead atoms. The number of hydrogen-bond acceptors (Lipinski definition) is 5. The smallest absolute Gasteiger partial charge is 0.870 e. The van der Waals surface area contributed by atoms with Gasteiger partial charge in [0, 0.05) is 0 Å². The molecule has 9 heteroatoms. The molecule has 0 spiro atoms. The molecule has 0 saturated carbocycles. The summed E-state index contributed by atoms with van der Waals surface area (Å²) >= 11 is 0. The van der Waals surface area contributed by atoms with E-state index >= 15 is 0 Å². The maximum Gasteiger partial charge on any atom is 3.00 e. The number of nitrogens with zero attached hydrogens (tertiary/aromatic N) is 1. The molecule has 0 aromatic rings. The molecule has 1 radical (unpaired) electrons. The fraction of sp³-hybridized carbons (Fsp3) is 0. The Labute approximate surface area is 127 Å². The first-order valence-corrected chi connectivity index (χ1v) is 0.548. The van der Waals surface area contributed by atoms with Gasteiger partial charge in [-0.1, -0.05) is 0 Å². The third kappa shape index (κ3) is 133. The van der Waals surface area contributed by atoms with Gasteiger partial charge < -0.3 is 26.3 Å². The molecule has 0 heterocycles. The zero-order valence-electron chi connectivity index (χ0n) is 4.15. The van der Waals surface area contributed by atoms with Gasteiger partial charge in [0.2, 0.25) is 0 Å². The molecule has 6 nitrogen and oxygen atoms in total. The molecule has 0 unspecified atom stereocenters. The summed E-state index contributed by atoms with van der Waals surface area (Å²) in [5.41, 5.74) is 0. The van der Waals surface area contributed by atoms with Crippen LogP contribution < -0.4 is 0 Å². The third-order valence-corrected chi connectivity index (χ3v) is 0. The molecule has 0 saturated heterocycles. The Morgan fingerprint density at radius 2 is 1.11 bits per heavy atom. The predicted octanol–water partition coefficient (Wildman–Crippen LogP) is -0.978. The Morgan fingerprint density at radius 1 is 1.11 bits per heavy atom. The summed E-state index contributed by atoms with van der Waals surface area (Å²) in [7, 11) is 0. The molecule has 49 valence electrons. The van der Waals surface area contributed by atoms with Crippen LogP contribution in [-0.2, 0) is 49.8 Å². The Hall–Kier alpha value is 2.31. The second-order valence-electron chi connectivity index (χ2n) is 0.224. The monoisotopic (exact) mass is 386 g/mol. The zero-order chi connectivity index (χ0) is 3.58. The minimum Gasteiger partial charge on any atom is -0.870 e. The van der Waals surface area contributed by atoms with Crippen molar-refractivity contribution in [3.63, 3.8) is 0 Å². The third-order valence-electron chi connectivity index (χ3n) is 0. The standard InChI is InChI=1S/Ba.Cu.NO3.2H2O.Y/c;;2-1(3)4;;;/h;;;2*1H2;/q2*+2;-1;;;+3/p-2. The quantitative estimate of drug-likeness (QED) is 0.301. The van der Waals surface area contributed by atoms with Crippen LogP contribution in [0.1, 0.15) is 0 Å². The Bertz CT molecular complexity index is 39.9. The normalized spacial score (nSPS) is 2.67. The average Bonchev–Trinajstić information content (AvgIpc) is 0.811. The van der Waals surface area contributed by atoms with E-state index in [1.807, 2.05) is 0 Å². The Balaban J connectivity index is -0.00000000450. The predicted molar refractivity (Wildman–Crippen MR) is 20.0 cm³/mol. The molecule has 0 aromatic heterocycles. The zero-order valence-corrected chi connectivity index (χ0v) is 12.4. The van der Waals surface area contributed by atoms with Gasteiger partial charge in [-0.15, -0.1) is 0 Å². The fourth-order valence-electron chi connectivity index (χ4n) is 0. The number of hydrogen-bond donors (Lipinski definition) is 0. The second-order valence-corrected chi connectivity index (χ2v) is 0.224. The van der Waals surface area contributed by atoms with Crippen LogP contribution in [0, 0.1) is 15.3 Å². The van der Waals surface area contributed by atoms with Crippen molar-refractivity contribution in [2.75, 3.05) is 0 Å². The first-order chi connectivity index (χ1) is 1.73. The maximum absolute atomic E-state index is 8.25. The van der Waals surface area contributed by atoms with Gasteiger partial charge in [-0.2, -0.15) is 0 Å². The Morgan fingerprint density at radius 3 is 1.11 bits per heavy atom. The van der Waals surface area contributed by atoms with Crippen molar-refractivity contribution in [3.05, 3.63) is 15.3 Å². The van der Waals surface area contributed by atoms with E-state index in [1.165, 1.54) is 0 Å². The molecular formula is H2BaCuNO5Y+4. The van der Waals surface area contributed by atoms with Crippen molar-refractivity contribution in [3.8, 4) is 0 Å². The molecule has 0 fully saturated rings. The molecule has 0 atom stereocenters. The molecule has 0 aliphatic rings. The van der Waals surface area contributed by atoms with Gasteiger partial charge in [0.1, 0.15) is 0 Å². The molecule has 9 heavy (non-hydrogen) atoms. The van der Waals surface area contributed by atoms with Gasteiger partial charge in [0.05, 0.1) is 5.09 Å². The Kier molecular flexibility index (Phi) is 150. The van der Waals surface area contributed by atoms with Gasteiger partial charge in [-0.05, 0) is 0 Å². The summed E-state index contributed by atoms with van der Waals surface area (Å²) in [5, 5.41) is 14.8. The largest absolute Gasteiger partial charge is 3.00 e. The van der Waals surface area contributed by atoms with Gasteiger partial charge in [0.25, 0.3) is 0 Å². The van der Waals surface area contributed by atoms with E-state index in [0.29, 0.717) is 0 Å². The van der Waals surface area contributed by atoms with E-state index in [4.69, 9.17) is 15.3 Å². The van der Waals surface area contributed by atoms with Crippen LogP contribution in [0.5, 0.6) is 0 Å². The molecular weight excluding hydrogens is 384 g/mol. The van der Waals surface area contributed by atoms with Crippen LogP contribution in [0.25, 0.3) is 0 Å². The SMILES string of the molecule is O=[N+]([O-])[O-].[Ba+2].[Cu+2].[OH-].[OH-].[Y+3]. The van der Waals surface area contributed by atoms with Crippen LogP contribution in [-0.4, -0.2) is 64.9 Å². The maximum atomic E-state index is 8.25. The van der Waals surface area contributed by atoms with Crippen molar-refractivity contribution >= 4 is 48.9 Å². The summed E-state index contributed by atoms with van der Waals surface area (Å²) in [5.74, 6) is 0. The van der Waals surface area contributed by atoms with E-state index < -0.39 is 5.09 Å². The van der Waals surface area contributed by atoms with E-state index in [-0.39, 0.29) is 110 Å². The molecule has 0 aliphatic heterocycles. The van der Waals surface area contributed by atoms with Crippen molar-refractivity contribution in [1.82, 2.24) is 0 Å². The van der Waals surface area contributed by atoms with Crippen molar-refractivity contribution in [1.29, 1.82) is 0 Å². The van der Waals surface area contributed by atoms with Crippen LogP contribution in [0.4, 0.5) is 0 Å². The van der Waals surface area contributed by atoms with Gasteiger partial charge in [-0.3, -0.25) is 0 Å². The topological polar surface area (TPSA) is 126 Å². The van der Waals surface area contributed by atoms with Crippen LogP contribution in [0.15, 0.2) is 0 Å². The van der Waals surface area contributed by atoms with E-state index in [1.54, 1.807) is 0 Å². The van der Waals surface area contributed by atoms with E-state index in [0.717, 1.165) is 0 Å². The van der Waals surface area contributed by atoms with Gasteiger partial charge >= 0.3 is 98.7 Å². The fourth-order valence-corrected chi connectivity index (χ4v) is 0. The minimum absolute atomic E-state index is 0. The number of rotatable bonds is 0. The first-order valence-electron chi connectivity index (χ1n) is 0.548. The van der Waals surface area contributed by atoms with Crippen molar-refractivity contribution < 1.29 is 65.8 Å². The molecule has 0 rings (SSSR count). The van der Waals surface area contributed by atoms with Gasteiger partial charge in [-0.25, -0.2) is 0 Å². The summed E-state index contributed by atoms with van der Waals surface area (Å²) < 4.78 is 0. The summed E-state index contributed by atoms with van der Waals surface area (Å²) in [6.07, 6.45) is 0. The van der Waals surface area contributed by atoms with Crippen LogP contribution in [0.2, 0.25) is 0 Å². The summed E-state index contributed by atoms with van der Waals surface area (Å²) in [4.78, 5) is 8.25. The van der Waals surface area contributed by atoms with Crippen molar-refractivity contribution in [2.45, 2.75) is 0 Å². The molecule has 2 N–H and O–H groups in total. The minimum atomic E-state index is -1.75. The molecule has 0 aliphatic carbocycles. The average molecular weight is 386 g/mol. The van der Waals surface area contributed by atoms with Gasteiger partial charge in [0.15, 0.2) is 0 Å². The molecule has 0 aromatic carbocycles. The molecule has 0 amide bonds. The van der Waals surface area contributed by atoms with Crippen LogP contribution in [0.3, 0.4) is 0 Å². The van der Waals surface area contributed by atoms with Crippen molar-refractivity contribution in [2.24, 2.45) is 0 Å². The second kappa shape index (κ2) is 31.7. The summed E-state index contributed by atoms with van der Waals surface area (Å²) in [6, 6.07) is 0.